The van der Waals surface area contributed by atoms with Gasteiger partial charge in [-0.25, -0.2) is 9.50 Å². The van der Waals surface area contributed by atoms with Crippen molar-refractivity contribution >= 4 is 34.9 Å². The summed E-state index contributed by atoms with van der Waals surface area (Å²) in [4.78, 5) is 33.2. The minimum Gasteiger partial charge on any atom is -0.326 e. The average Bonchev–Trinajstić information content (AvgIpc) is 3.02. The number of thioether (sulfide) groups is 1. The fourth-order valence-electron chi connectivity index (χ4n) is 2.48. The molecule has 2 heterocycles. The van der Waals surface area contributed by atoms with Gasteiger partial charge in [0.15, 0.2) is 5.78 Å². The number of anilines is 1. The van der Waals surface area contributed by atoms with Crippen molar-refractivity contribution in [2.45, 2.75) is 39.8 Å². The molecule has 0 unspecified atom stereocenters. The van der Waals surface area contributed by atoms with Crippen LogP contribution in [0.1, 0.15) is 42.5 Å². The van der Waals surface area contributed by atoms with Crippen molar-refractivity contribution in [3.05, 3.63) is 47.3 Å². The summed E-state index contributed by atoms with van der Waals surface area (Å²) >= 11 is 1.28. The maximum atomic E-state index is 12.5. The lowest BCUT2D eigenvalue weighted by atomic mass is 9.95. The van der Waals surface area contributed by atoms with Gasteiger partial charge in [-0.2, -0.15) is 4.98 Å². The van der Waals surface area contributed by atoms with Crippen molar-refractivity contribution in [2.24, 2.45) is 5.41 Å². The molecule has 0 fully saturated rings. The second-order valence-electron chi connectivity index (χ2n) is 7.64. The van der Waals surface area contributed by atoms with Crippen LogP contribution in [0.4, 0.5) is 5.69 Å². The molecule has 0 saturated heterocycles. The topological polar surface area (TPSA) is 89.3 Å². The number of benzene rings is 1. The molecule has 0 saturated carbocycles. The highest BCUT2D eigenvalue weighted by Gasteiger charge is 2.21. The Morgan fingerprint density at radius 2 is 1.79 bits per heavy atom. The summed E-state index contributed by atoms with van der Waals surface area (Å²) in [6.07, 6.45) is 0. The van der Waals surface area contributed by atoms with Crippen molar-refractivity contribution in [1.82, 2.24) is 19.6 Å². The molecule has 146 valence electrons. The molecule has 7 nitrogen and oxygen atoms in total. The van der Waals surface area contributed by atoms with E-state index in [9.17, 15) is 9.59 Å². The summed E-state index contributed by atoms with van der Waals surface area (Å²) in [5, 5.41) is 7.76. The van der Waals surface area contributed by atoms with Gasteiger partial charge in [-0.1, -0.05) is 32.5 Å². The molecule has 0 spiro atoms. The van der Waals surface area contributed by atoms with E-state index < -0.39 is 5.41 Å². The smallest absolute Gasteiger partial charge is 0.253 e. The van der Waals surface area contributed by atoms with Gasteiger partial charge >= 0.3 is 0 Å². The zero-order valence-electron chi connectivity index (χ0n) is 16.6. The van der Waals surface area contributed by atoms with Crippen LogP contribution in [-0.4, -0.2) is 37.0 Å². The molecule has 3 rings (SSSR count). The van der Waals surface area contributed by atoms with Crippen molar-refractivity contribution in [2.75, 3.05) is 11.1 Å². The van der Waals surface area contributed by atoms with E-state index in [4.69, 9.17) is 0 Å². The third kappa shape index (κ3) is 4.56. The lowest BCUT2D eigenvalue weighted by molar-refractivity contribution is -0.123. The van der Waals surface area contributed by atoms with Gasteiger partial charge in [0.2, 0.25) is 11.1 Å². The van der Waals surface area contributed by atoms with Crippen LogP contribution < -0.4 is 5.32 Å². The van der Waals surface area contributed by atoms with Crippen LogP contribution in [-0.2, 0) is 4.79 Å². The number of hydrogen-bond donors (Lipinski definition) is 1. The van der Waals surface area contributed by atoms with Gasteiger partial charge in [0.1, 0.15) is 0 Å². The Morgan fingerprint density at radius 1 is 1.11 bits per heavy atom. The average molecular weight is 398 g/mol. The summed E-state index contributed by atoms with van der Waals surface area (Å²) in [7, 11) is 0. The maximum absolute atomic E-state index is 12.5. The number of carbonyl (C=O) groups is 2. The molecule has 1 N–H and O–H groups in total. The Balaban J connectivity index is 1.63. The Morgan fingerprint density at radius 3 is 2.43 bits per heavy atom. The summed E-state index contributed by atoms with van der Waals surface area (Å²) in [6.45, 7) is 9.40. The number of rotatable bonds is 5. The van der Waals surface area contributed by atoms with Crippen molar-refractivity contribution in [1.29, 1.82) is 0 Å². The maximum Gasteiger partial charge on any atom is 0.253 e. The molecule has 0 aliphatic carbocycles. The molecule has 0 bridgehead atoms. The first-order chi connectivity index (χ1) is 13.1. The van der Waals surface area contributed by atoms with E-state index in [1.165, 1.54) is 11.8 Å². The van der Waals surface area contributed by atoms with Gasteiger partial charge in [-0.3, -0.25) is 9.59 Å². The highest BCUT2D eigenvalue weighted by molar-refractivity contribution is 7.99. The molecule has 0 atom stereocenters. The van der Waals surface area contributed by atoms with Crippen LogP contribution in [0.3, 0.4) is 0 Å². The van der Waals surface area contributed by atoms with E-state index in [0.29, 0.717) is 22.2 Å². The molecule has 28 heavy (non-hydrogen) atoms. The zero-order chi connectivity index (χ0) is 20.5. The number of Topliss-reactive ketones (excluding diaryl/α,β-unsaturated/α-hetero) is 1. The number of nitrogens with one attached hydrogen (secondary N) is 1. The fraction of sp³-hybridized carbons (Fsp3) is 0.350. The molecule has 0 aliphatic heterocycles. The number of aromatic nitrogens is 4. The highest BCUT2D eigenvalue weighted by Crippen LogP contribution is 2.20. The molecule has 8 heteroatoms. The molecule has 3 aromatic rings. The van der Waals surface area contributed by atoms with E-state index in [0.717, 1.165) is 11.4 Å². The van der Waals surface area contributed by atoms with Crippen LogP contribution in [0.15, 0.2) is 35.5 Å². The lowest BCUT2D eigenvalue weighted by Gasteiger charge is -2.17. The van der Waals surface area contributed by atoms with Gasteiger partial charge in [0, 0.05) is 28.1 Å². The largest absolute Gasteiger partial charge is 0.326 e. The number of hydrogen-bond acceptors (Lipinski definition) is 6. The lowest BCUT2D eigenvalue weighted by Crippen LogP contribution is -2.27. The number of fused-ring (bicyclic) bond motifs is 1. The van der Waals surface area contributed by atoms with E-state index in [1.54, 1.807) is 28.8 Å². The predicted octanol–water partition coefficient (Wildman–Crippen LogP) is 3.70. The monoisotopic (exact) mass is 397 g/mol. The summed E-state index contributed by atoms with van der Waals surface area (Å²) in [5.41, 5.74) is 2.60. The molecule has 1 aromatic carbocycles. The van der Waals surface area contributed by atoms with Crippen LogP contribution in [0.25, 0.3) is 5.78 Å². The normalized spacial score (nSPS) is 11.6. The van der Waals surface area contributed by atoms with Gasteiger partial charge in [-0.05, 0) is 44.2 Å². The first kappa shape index (κ1) is 20.0. The van der Waals surface area contributed by atoms with Crippen LogP contribution >= 0.6 is 11.8 Å². The quantitative estimate of drug-likeness (QED) is 0.522. The predicted molar refractivity (Wildman–Crippen MR) is 110 cm³/mol. The van der Waals surface area contributed by atoms with E-state index >= 15 is 0 Å². The van der Waals surface area contributed by atoms with Crippen molar-refractivity contribution in [3.8, 4) is 0 Å². The van der Waals surface area contributed by atoms with E-state index in [-0.39, 0.29) is 17.4 Å². The van der Waals surface area contributed by atoms with Crippen LogP contribution in [0, 0.1) is 19.3 Å². The van der Waals surface area contributed by atoms with Gasteiger partial charge in [0.05, 0.1) is 5.75 Å². The van der Waals surface area contributed by atoms with Gasteiger partial charge in [-0.15, -0.1) is 5.10 Å². The zero-order valence-corrected chi connectivity index (χ0v) is 17.4. The summed E-state index contributed by atoms with van der Waals surface area (Å²) in [6, 6.07) is 8.84. The molecule has 1 amide bonds. The third-order valence-corrected chi connectivity index (χ3v) is 4.91. The number of aryl methyl sites for hydroxylation is 2. The first-order valence-corrected chi connectivity index (χ1v) is 9.90. The number of ketones is 1. The standard InChI is InChI=1S/C20H23N5O2S/c1-12-10-13(2)25-18(21-12)23-19(24-25)28-11-16(26)14-6-8-15(9-7-14)22-17(27)20(3,4)5/h6-10H,11H2,1-5H3,(H,22,27). The molecule has 0 aliphatic rings. The summed E-state index contributed by atoms with van der Waals surface area (Å²) < 4.78 is 1.67. The minimum atomic E-state index is -0.474. The number of amides is 1. The Bertz CT molecular complexity index is 1040. The summed E-state index contributed by atoms with van der Waals surface area (Å²) in [5.74, 6) is 0.659. The molecule has 0 radical (unpaired) electrons. The second-order valence-corrected chi connectivity index (χ2v) is 8.58. The van der Waals surface area contributed by atoms with Gasteiger partial charge in [0.25, 0.3) is 5.78 Å². The highest BCUT2D eigenvalue weighted by atomic mass is 32.2. The second kappa shape index (κ2) is 7.71. The van der Waals surface area contributed by atoms with E-state index in [2.05, 4.69) is 20.4 Å². The number of nitrogens with zero attached hydrogens (tertiary/aromatic N) is 4. The van der Waals surface area contributed by atoms with Crippen LogP contribution in [0.5, 0.6) is 0 Å². The fourth-order valence-corrected chi connectivity index (χ4v) is 3.19. The Labute approximate surface area is 168 Å². The molecule has 2 aromatic heterocycles. The Hall–Kier alpha value is -2.74. The van der Waals surface area contributed by atoms with Crippen molar-refractivity contribution < 1.29 is 9.59 Å². The van der Waals surface area contributed by atoms with Crippen molar-refractivity contribution in [3.63, 3.8) is 0 Å². The van der Waals surface area contributed by atoms with Gasteiger partial charge < -0.3 is 5.32 Å². The SMILES string of the molecule is Cc1cc(C)n2nc(SCC(=O)c3ccc(NC(=O)C(C)(C)C)cc3)nc2n1. The minimum absolute atomic E-state index is 0.0292. The van der Waals surface area contributed by atoms with E-state index in [1.807, 2.05) is 40.7 Å². The number of carbonyl (C=O) groups excluding carboxylic acids is 2. The first-order valence-electron chi connectivity index (χ1n) is 8.92. The van der Waals surface area contributed by atoms with Crippen LogP contribution in [0.2, 0.25) is 0 Å². The molecular weight excluding hydrogens is 374 g/mol. The Kier molecular flexibility index (Phi) is 5.51. The third-order valence-electron chi connectivity index (χ3n) is 4.08. The molecular formula is C20H23N5O2S.